The van der Waals surface area contributed by atoms with Gasteiger partial charge in [0.2, 0.25) is 0 Å². The van der Waals surface area contributed by atoms with Gasteiger partial charge in [-0.05, 0) is 37.1 Å². The van der Waals surface area contributed by atoms with E-state index in [4.69, 9.17) is 11.6 Å². The Labute approximate surface area is 126 Å². The number of nitrogens with one attached hydrogen (secondary N) is 1. The maximum Gasteiger partial charge on any atom is 0.254 e. The second-order valence-corrected chi connectivity index (χ2v) is 6.40. The lowest BCUT2D eigenvalue weighted by Crippen LogP contribution is -3.12. The lowest BCUT2D eigenvalue weighted by molar-refractivity contribution is -0.889. The molecule has 20 heavy (non-hydrogen) atoms. The van der Waals surface area contributed by atoms with Crippen LogP contribution in [0.2, 0.25) is 5.02 Å². The molecule has 0 bridgehead atoms. The number of hydrogen-bond acceptors (Lipinski definition) is 1. The molecule has 1 aliphatic rings. The van der Waals surface area contributed by atoms with Crippen molar-refractivity contribution in [2.24, 2.45) is 0 Å². The van der Waals surface area contributed by atoms with E-state index in [1.165, 1.54) is 24.2 Å². The number of hydrogen-bond donors (Lipinski definition) is 1. The van der Waals surface area contributed by atoms with Crippen molar-refractivity contribution in [1.82, 2.24) is 4.90 Å². The van der Waals surface area contributed by atoms with Crippen molar-refractivity contribution < 1.29 is 9.69 Å². The summed E-state index contributed by atoms with van der Waals surface area (Å²) in [6.45, 7) is 0. The van der Waals surface area contributed by atoms with E-state index in [1.807, 2.05) is 24.1 Å². The topological polar surface area (TPSA) is 24.8 Å². The number of nitrogens with zero attached hydrogens (tertiary/aromatic N) is 1. The minimum absolute atomic E-state index is 0.0971. The van der Waals surface area contributed by atoms with Gasteiger partial charge in [0.1, 0.15) is 6.04 Å². The number of carbonyl (C=O) groups excluding carboxylic acids is 1. The summed E-state index contributed by atoms with van der Waals surface area (Å²) in [5.74, 6) is 0.0971. The maximum absolute atomic E-state index is 12.6. The average molecular weight is 296 g/mol. The number of quaternary nitrogens is 1. The zero-order valence-electron chi connectivity index (χ0n) is 12.5. The van der Waals surface area contributed by atoms with E-state index in [2.05, 4.69) is 14.1 Å². The Morgan fingerprint density at radius 3 is 2.40 bits per heavy atom. The van der Waals surface area contributed by atoms with Crippen molar-refractivity contribution in [1.29, 1.82) is 0 Å². The first kappa shape index (κ1) is 15.3. The number of carbonyl (C=O) groups is 1. The van der Waals surface area contributed by atoms with E-state index in [0.29, 0.717) is 17.1 Å². The zero-order chi connectivity index (χ0) is 14.7. The predicted octanol–water partition coefficient (Wildman–Crippen LogP) is 1.87. The molecule has 1 amide bonds. The molecule has 0 saturated heterocycles. The molecule has 2 atom stereocenters. The molecule has 0 radical (unpaired) electrons. The Hall–Kier alpha value is -1.06. The van der Waals surface area contributed by atoms with Gasteiger partial charge in [0, 0.05) is 24.1 Å². The molecule has 4 heteroatoms. The Kier molecular flexibility index (Phi) is 5.06. The molecule has 1 aliphatic carbocycles. The first-order valence-electron chi connectivity index (χ1n) is 7.33. The van der Waals surface area contributed by atoms with Gasteiger partial charge < -0.3 is 9.80 Å². The lowest BCUT2D eigenvalue weighted by Gasteiger charge is -2.38. The molecule has 2 unspecified atom stereocenters. The molecule has 0 aliphatic heterocycles. The molecule has 0 spiro atoms. The van der Waals surface area contributed by atoms with Crippen molar-refractivity contribution in [3.63, 3.8) is 0 Å². The van der Waals surface area contributed by atoms with Crippen LogP contribution in [0.4, 0.5) is 0 Å². The van der Waals surface area contributed by atoms with Crippen LogP contribution in [0.5, 0.6) is 0 Å². The summed E-state index contributed by atoms with van der Waals surface area (Å²) in [7, 11) is 6.30. The smallest absolute Gasteiger partial charge is 0.254 e. The zero-order valence-corrected chi connectivity index (χ0v) is 13.3. The summed E-state index contributed by atoms with van der Waals surface area (Å²) in [6.07, 6.45) is 4.79. The van der Waals surface area contributed by atoms with E-state index in [-0.39, 0.29) is 5.91 Å². The fourth-order valence-corrected chi connectivity index (χ4v) is 3.32. The quantitative estimate of drug-likeness (QED) is 0.905. The highest BCUT2D eigenvalue weighted by atomic mass is 35.5. The van der Waals surface area contributed by atoms with Crippen LogP contribution >= 0.6 is 11.6 Å². The maximum atomic E-state index is 12.6. The van der Waals surface area contributed by atoms with Crippen LogP contribution in [-0.4, -0.2) is 44.0 Å². The van der Waals surface area contributed by atoms with Gasteiger partial charge in [-0.1, -0.05) is 18.0 Å². The molecule has 110 valence electrons. The van der Waals surface area contributed by atoms with Crippen LogP contribution < -0.4 is 4.90 Å². The molecule has 0 heterocycles. The highest BCUT2D eigenvalue weighted by molar-refractivity contribution is 6.30. The Morgan fingerprint density at radius 1 is 1.20 bits per heavy atom. The number of rotatable bonds is 3. The third-order valence-electron chi connectivity index (χ3n) is 4.38. The standard InChI is InChI=1S/C16H23ClN2O/c1-18(2)14-6-4-5-7-15(14)19(3)16(20)12-8-10-13(17)11-9-12/h8-11,14-15H,4-7H2,1-3H3/p+1. The molecule has 3 nitrogen and oxygen atoms in total. The molecular weight excluding hydrogens is 272 g/mol. The van der Waals surface area contributed by atoms with Crippen molar-refractivity contribution >= 4 is 17.5 Å². The van der Waals surface area contributed by atoms with E-state index in [9.17, 15) is 4.79 Å². The lowest BCUT2D eigenvalue weighted by atomic mass is 9.88. The van der Waals surface area contributed by atoms with Crippen LogP contribution in [0.15, 0.2) is 24.3 Å². The highest BCUT2D eigenvalue weighted by Gasteiger charge is 2.34. The van der Waals surface area contributed by atoms with E-state index < -0.39 is 0 Å². The van der Waals surface area contributed by atoms with Gasteiger partial charge in [0.25, 0.3) is 5.91 Å². The van der Waals surface area contributed by atoms with Crippen LogP contribution in [0.3, 0.4) is 0 Å². The number of amides is 1. The number of likely N-dealkylation sites (N-methyl/N-ethyl adjacent to an activating group) is 2. The van der Waals surface area contributed by atoms with Gasteiger partial charge >= 0.3 is 0 Å². The Morgan fingerprint density at radius 2 is 1.80 bits per heavy atom. The van der Waals surface area contributed by atoms with Gasteiger partial charge in [-0.3, -0.25) is 4.79 Å². The molecule has 1 fully saturated rings. The summed E-state index contributed by atoms with van der Waals surface area (Å²) < 4.78 is 0. The molecule has 0 aromatic heterocycles. The summed E-state index contributed by atoms with van der Waals surface area (Å²) in [6, 6.07) is 8.03. The van der Waals surface area contributed by atoms with Gasteiger partial charge in [0.15, 0.2) is 0 Å². The first-order chi connectivity index (χ1) is 9.50. The van der Waals surface area contributed by atoms with Gasteiger partial charge in [-0.25, -0.2) is 0 Å². The minimum Gasteiger partial charge on any atom is -0.336 e. The molecule has 1 aromatic carbocycles. The third-order valence-corrected chi connectivity index (χ3v) is 4.63. The summed E-state index contributed by atoms with van der Waals surface area (Å²) in [5, 5.41) is 0.664. The predicted molar refractivity (Wildman–Crippen MR) is 82.4 cm³/mol. The Balaban J connectivity index is 2.14. The van der Waals surface area contributed by atoms with Crippen LogP contribution in [0.1, 0.15) is 36.0 Å². The van der Waals surface area contributed by atoms with E-state index in [1.54, 1.807) is 12.1 Å². The summed E-state index contributed by atoms with van der Waals surface area (Å²) >= 11 is 5.88. The van der Waals surface area contributed by atoms with Crippen molar-refractivity contribution in [3.05, 3.63) is 34.9 Å². The normalized spacial score (nSPS) is 22.9. The third kappa shape index (κ3) is 3.33. The van der Waals surface area contributed by atoms with Crippen molar-refractivity contribution in [2.45, 2.75) is 37.8 Å². The molecule has 2 rings (SSSR count). The SMILES string of the molecule is CN(C(=O)c1ccc(Cl)cc1)C1CCCCC1[NH+](C)C. The monoisotopic (exact) mass is 295 g/mol. The van der Waals surface area contributed by atoms with Gasteiger partial charge in [0.05, 0.1) is 20.1 Å². The van der Waals surface area contributed by atoms with E-state index in [0.717, 1.165) is 12.0 Å². The fraction of sp³-hybridized carbons (Fsp3) is 0.562. The number of halogens is 1. The Bertz CT molecular complexity index is 458. The average Bonchev–Trinajstić information content (AvgIpc) is 2.46. The van der Waals surface area contributed by atoms with Gasteiger partial charge in [-0.15, -0.1) is 0 Å². The molecule has 1 aromatic rings. The molecule has 1 saturated carbocycles. The second-order valence-electron chi connectivity index (χ2n) is 5.96. The van der Waals surface area contributed by atoms with Crippen molar-refractivity contribution in [2.75, 3.05) is 21.1 Å². The molecular formula is C16H24ClN2O+. The summed E-state index contributed by atoms with van der Waals surface area (Å²) in [5.41, 5.74) is 0.718. The van der Waals surface area contributed by atoms with E-state index >= 15 is 0 Å². The minimum atomic E-state index is 0.0971. The first-order valence-corrected chi connectivity index (χ1v) is 7.71. The van der Waals surface area contributed by atoms with Crippen LogP contribution in [0, 0.1) is 0 Å². The molecule has 1 N–H and O–H groups in total. The van der Waals surface area contributed by atoms with Crippen LogP contribution in [-0.2, 0) is 0 Å². The summed E-state index contributed by atoms with van der Waals surface area (Å²) in [4.78, 5) is 16.0. The van der Waals surface area contributed by atoms with Crippen LogP contribution in [0.25, 0.3) is 0 Å². The van der Waals surface area contributed by atoms with Gasteiger partial charge in [-0.2, -0.15) is 0 Å². The largest absolute Gasteiger partial charge is 0.336 e. The second kappa shape index (κ2) is 6.59. The van der Waals surface area contributed by atoms with Crippen molar-refractivity contribution in [3.8, 4) is 0 Å². The highest BCUT2D eigenvalue weighted by Crippen LogP contribution is 2.22. The fourth-order valence-electron chi connectivity index (χ4n) is 3.20. The number of benzene rings is 1.